The number of nitrogen functional groups attached to an aromatic ring is 2. The summed E-state index contributed by atoms with van der Waals surface area (Å²) in [5, 5.41) is 17.7. The van der Waals surface area contributed by atoms with Gasteiger partial charge in [0.1, 0.15) is 24.2 Å². The van der Waals surface area contributed by atoms with Gasteiger partial charge in [-0.2, -0.15) is 14.0 Å². The van der Waals surface area contributed by atoms with Crippen molar-refractivity contribution in [1.29, 1.82) is 5.26 Å². The van der Waals surface area contributed by atoms with E-state index in [0.717, 1.165) is 0 Å². The van der Waals surface area contributed by atoms with Crippen LogP contribution in [0.5, 0.6) is 11.5 Å². The number of hydrogen-bond donors (Lipinski definition) is 3. The number of carboxylic acid groups (broad SMARTS) is 1. The van der Waals surface area contributed by atoms with Gasteiger partial charge in [0.25, 0.3) is 0 Å². The van der Waals surface area contributed by atoms with Crippen LogP contribution in [0.4, 0.5) is 20.2 Å². The average Bonchev–Trinajstić information content (AvgIpc) is 2.94. The first-order valence-corrected chi connectivity index (χ1v) is 12.6. The fraction of sp³-hybridized carbons (Fsp3) is 0.233. The first-order valence-electron chi connectivity index (χ1n) is 12.6. The van der Waals surface area contributed by atoms with Gasteiger partial charge in [-0.05, 0) is 66.6 Å². The summed E-state index contributed by atoms with van der Waals surface area (Å²) in [6.07, 6.45) is -0.670. The number of ether oxygens (including phenoxy) is 3. The summed E-state index contributed by atoms with van der Waals surface area (Å²) in [5.41, 5.74) is 13.0. The number of hydrogen-bond acceptors (Lipinski definition) is 8. The summed E-state index contributed by atoms with van der Waals surface area (Å²) in [5.74, 6) is -1.51. The van der Waals surface area contributed by atoms with Crippen molar-refractivity contribution in [2.75, 3.05) is 18.1 Å². The van der Waals surface area contributed by atoms with E-state index in [-0.39, 0.29) is 47.7 Å². The van der Waals surface area contributed by atoms with Crippen molar-refractivity contribution in [3.63, 3.8) is 0 Å². The summed E-state index contributed by atoms with van der Waals surface area (Å²) in [4.78, 5) is 23.6. The van der Waals surface area contributed by atoms with Crippen molar-refractivity contribution in [3.8, 4) is 17.6 Å². The van der Waals surface area contributed by atoms with Crippen LogP contribution in [0.3, 0.4) is 0 Å². The van der Waals surface area contributed by atoms with E-state index in [4.69, 9.17) is 36.0 Å². The van der Waals surface area contributed by atoms with Gasteiger partial charge in [-0.25, -0.2) is 9.59 Å². The van der Waals surface area contributed by atoms with Crippen LogP contribution in [0.2, 0.25) is 0 Å². The Kier molecular flexibility index (Phi) is 10.2. The molecule has 214 valence electrons. The zero-order valence-corrected chi connectivity index (χ0v) is 22.2. The number of carboxylic acids is 1. The molecule has 0 bridgehead atoms. The smallest absolute Gasteiger partial charge is 0.426 e. The third-order valence-corrected chi connectivity index (χ3v) is 5.95. The zero-order valence-electron chi connectivity index (χ0n) is 22.2. The number of nitriles is 1. The minimum Gasteiger partial charge on any atom is -0.493 e. The summed E-state index contributed by atoms with van der Waals surface area (Å²) in [7, 11) is 0. The number of alkyl halides is 2. The molecule has 9 nitrogen and oxygen atoms in total. The number of rotatable bonds is 13. The van der Waals surface area contributed by atoms with E-state index in [1.807, 2.05) is 13.0 Å². The molecular formula is C30H29F2N3O6. The molecule has 0 aliphatic carbocycles. The van der Waals surface area contributed by atoms with Crippen molar-refractivity contribution in [3.05, 3.63) is 89.0 Å². The van der Waals surface area contributed by atoms with Gasteiger partial charge in [-0.1, -0.05) is 19.1 Å². The number of benzene rings is 3. The molecule has 0 saturated heterocycles. The number of halogens is 2. The maximum atomic E-state index is 14.6. The van der Waals surface area contributed by atoms with Crippen molar-refractivity contribution in [2.45, 2.75) is 38.4 Å². The molecule has 1 unspecified atom stereocenters. The highest BCUT2D eigenvalue weighted by Gasteiger charge is 2.34. The van der Waals surface area contributed by atoms with Crippen molar-refractivity contribution >= 4 is 29.4 Å². The second kappa shape index (κ2) is 13.8. The van der Waals surface area contributed by atoms with Crippen molar-refractivity contribution < 1.29 is 37.7 Å². The van der Waals surface area contributed by atoms with Crippen LogP contribution in [0, 0.1) is 11.3 Å². The molecule has 1 atom stereocenters. The zero-order chi connectivity index (χ0) is 30.0. The first-order chi connectivity index (χ1) is 19.5. The Morgan fingerprint density at radius 1 is 1.05 bits per heavy atom. The lowest BCUT2D eigenvalue weighted by Gasteiger charge is -2.19. The molecule has 3 aromatic rings. The van der Waals surface area contributed by atoms with Gasteiger partial charge < -0.3 is 30.8 Å². The van der Waals surface area contributed by atoms with Crippen LogP contribution in [-0.2, 0) is 22.1 Å². The van der Waals surface area contributed by atoms with E-state index in [2.05, 4.69) is 0 Å². The molecule has 0 heterocycles. The molecule has 0 amide bonds. The number of nitrogens with two attached hydrogens (primary N) is 2. The average molecular weight is 566 g/mol. The quantitative estimate of drug-likeness (QED) is 0.105. The van der Waals surface area contributed by atoms with E-state index in [1.165, 1.54) is 72.8 Å². The van der Waals surface area contributed by atoms with E-state index in [0.29, 0.717) is 23.3 Å². The second-order valence-corrected chi connectivity index (χ2v) is 8.91. The normalized spacial score (nSPS) is 12.0. The van der Waals surface area contributed by atoms with Crippen LogP contribution >= 0.6 is 0 Å². The fourth-order valence-electron chi connectivity index (χ4n) is 3.76. The molecule has 0 fully saturated rings. The van der Waals surface area contributed by atoms with Gasteiger partial charge in [0.15, 0.2) is 0 Å². The molecule has 0 aliphatic heterocycles. The standard InChI is InChI=1S/C30H29F2N3O6/c1-2-22(18-25-26(34)16-20(29(37)38)17-27(25)35)40-28(36)13-6-19-4-9-24(10-5-19)41-30(31,32)21-7-11-23(12-8-21)39-15-3-14-33/h4-13,16-17,22H,2-3,15,18,34-35H2,1H3,(H,37,38). The van der Waals surface area contributed by atoms with Crippen molar-refractivity contribution in [1.82, 2.24) is 0 Å². The minimum atomic E-state index is -3.61. The molecule has 41 heavy (non-hydrogen) atoms. The third-order valence-electron chi connectivity index (χ3n) is 5.95. The van der Waals surface area contributed by atoms with Crippen molar-refractivity contribution in [2.24, 2.45) is 0 Å². The van der Waals surface area contributed by atoms with E-state index >= 15 is 0 Å². The maximum absolute atomic E-state index is 14.6. The molecule has 0 radical (unpaired) electrons. The number of esters is 1. The summed E-state index contributed by atoms with van der Waals surface area (Å²) in [6, 6.07) is 15.3. The van der Waals surface area contributed by atoms with Gasteiger partial charge in [0.2, 0.25) is 0 Å². The molecule has 0 aliphatic rings. The Morgan fingerprint density at radius 2 is 1.66 bits per heavy atom. The van der Waals surface area contributed by atoms with Gasteiger partial charge in [-0.15, -0.1) is 0 Å². The maximum Gasteiger partial charge on any atom is 0.426 e. The highest BCUT2D eigenvalue weighted by atomic mass is 19.3. The second-order valence-electron chi connectivity index (χ2n) is 8.91. The number of anilines is 2. The van der Waals surface area contributed by atoms with Crippen LogP contribution < -0.4 is 20.9 Å². The lowest BCUT2D eigenvalue weighted by atomic mass is 10.00. The molecule has 0 saturated carbocycles. The lowest BCUT2D eigenvalue weighted by molar-refractivity contribution is -0.185. The molecular weight excluding hydrogens is 536 g/mol. The molecule has 0 spiro atoms. The van der Waals surface area contributed by atoms with E-state index in [1.54, 1.807) is 0 Å². The lowest BCUT2D eigenvalue weighted by Crippen LogP contribution is -2.21. The monoisotopic (exact) mass is 565 g/mol. The summed E-state index contributed by atoms with van der Waals surface area (Å²) >= 11 is 0. The van der Waals surface area contributed by atoms with Crippen LogP contribution in [-0.4, -0.2) is 29.8 Å². The molecule has 0 aromatic heterocycles. The van der Waals surface area contributed by atoms with Crippen LogP contribution in [0.1, 0.15) is 46.8 Å². The predicted molar refractivity (Wildman–Crippen MR) is 148 cm³/mol. The van der Waals surface area contributed by atoms with E-state index < -0.39 is 24.2 Å². The summed E-state index contributed by atoms with van der Waals surface area (Å²) < 4.78 is 44.9. The largest absolute Gasteiger partial charge is 0.493 e. The van der Waals surface area contributed by atoms with Crippen LogP contribution in [0.15, 0.2) is 66.7 Å². The number of aromatic carboxylic acids is 1. The highest BCUT2D eigenvalue weighted by Crippen LogP contribution is 2.33. The van der Waals surface area contributed by atoms with Gasteiger partial charge in [0.05, 0.1) is 23.6 Å². The highest BCUT2D eigenvalue weighted by molar-refractivity contribution is 5.91. The first kappa shape index (κ1) is 30.4. The molecule has 3 aromatic carbocycles. The summed E-state index contributed by atoms with van der Waals surface area (Å²) in [6.45, 7) is 1.97. The molecule has 3 rings (SSSR count). The SMILES string of the molecule is CCC(Cc1c(N)cc(C(=O)O)cc1N)OC(=O)C=Cc1ccc(OC(F)(F)c2ccc(OCCC#N)cc2)cc1. The Bertz CT molecular complexity index is 1410. The fourth-order valence-corrected chi connectivity index (χ4v) is 3.76. The number of carbonyl (C=O) groups is 2. The van der Waals surface area contributed by atoms with E-state index in [9.17, 15) is 18.4 Å². The Balaban J connectivity index is 1.57. The Morgan fingerprint density at radius 3 is 2.22 bits per heavy atom. The number of nitrogens with zero attached hydrogens (tertiary/aromatic N) is 1. The van der Waals surface area contributed by atoms with Gasteiger partial charge in [-0.3, -0.25) is 0 Å². The van der Waals surface area contributed by atoms with Crippen LogP contribution in [0.25, 0.3) is 6.08 Å². The predicted octanol–water partition coefficient (Wildman–Crippen LogP) is 5.55. The van der Waals surface area contributed by atoms with Gasteiger partial charge >= 0.3 is 18.0 Å². The Labute approximate surface area is 235 Å². The topological polar surface area (TPSA) is 158 Å². The van der Waals surface area contributed by atoms with Gasteiger partial charge in [0, 0.05) is 29.4 Å². The number of carbonyl (C=O) groups excluding carboxylic acids is 1. The third kappa shape index (κ3) is 8.69. The molecule has 11 heteroatoms. The minimum absolute atomic E-state index is 0.0370. The molecule has 5 N–H and O–H groups in total. The Hall–Kier alpha value is -5.11.